The Morgan fingerprint density at radius 3 is 2.64 bits per heavy atom. The highest BCUT2D eigenvalue weighted by atomic mass is 16.5. The van der Waals surface area contributed by atoms with Crippen LogP contribution in [0.15, 0.2) is 54.6 Å². The van der Waals surface area contributed by atoms with Gasteiger partial charge in [0.05, 0.1) is 6.61 Å². The number of hydrogen-bond acceptors (Lipinski definition) is 3. The predicted octanol–water partition coefficient (Wildman–Crippen LogP) is 3.74. The number of aryl methyl sites for hydroxylation is 1. The smallest absolute Gasteiger partial charge is 0.333 e. The highest BCUT2D eigenvalue weighted by molar-refractivity contribution is 5.82. The van der Waals surface area contributed by atoms with Gasteiger partial charge in [-0.1, -0.05) is 48.5 Å². The van der Waals surface area contributed by atoms with E-state index in [2.05, 4.69) is 23.1 Å². The summed E-state index contributed by atoms with van der Waals surface area (Å²) in [5.74, 6) is -0.176. The molecule has 0 saturated heterocycles. The van der Waals surface area contributed by atoms with E-state index >= 15 is 0 Å². The number of nitrogens with zero attached hydrogens (tertiary/aromatic N) is 1. The Balaban J connectivity index is 2.02. The summed E-state index contributed by atoms with van der Waals surface area (Å²) >= 11 is 0. The highest BCUT2D eigenvalue weighted by Gasteiger charge is 2.31. The summed E-state index contributed by atoms with van der Waals surface area (Å²) in [4.78, 5) is 14.8. The van der Waals surface area contributed by atoms with Gasteiger partial charge >= 0.3 is 5.97 Å². The number of ether oxygens (including phenoxy) is 1. The largest absolute Gasteiger partial charge is 0.464 e. The van der Waals surface area contributed by atoms with Gasteiger partial charge in [0.1, 0.15) is 0 Å². The van der Waals surface area contributed by atoms with Crippen LogP contribution < -0.4 is 4.90 Å². The van der Waals surface area contributed by atoms with E-state index in [-0.39, 0.29) is 12.0 Å². The van der Waals surface area contributed by atoms with Gasteiger partial charge in [0.25, 0.3) is 0 Å². The van der Waals surface area contributed by atoms with Crippen LogP contribution >= 0.6 is 0 Å². The number of benzene rings is 2. The summed E-state index contributed by atoms with van der Waals surface area (Å²) in [5, 5.41) is 0. The normalized spacial score (nSPS) is 15.0. The third kappa shape index (κ3) is 2.84. The van der Waals surface area contributed by atoms with Crippen LogP contribution in [0, 0.1) is 0 Å². The van der Waals surface area contributed by atoms with Crippen molar-refractivity contribution in [3.8, 4) is 0 Å². The molecule has 3 nitrogen and oxygen atoms in total. The molecule has 1 aliphatic heterocycles. The summed E-state index contributed by atoms with van der Waals surface area (Å²) in [6.45, 7) is 3.12. The summed E-state index contributed by atoms with van der Waals surface area (Å²) in [6, 6.07) is 17.9. The summed E-state index contributed by atoms with van der Waals surface area (Å²) < 4.78 is 5.35. The lowest BCUT2D eigenvalue weighted by Gasteiger charge is -2.36. The van der Waals surface area contributed by atoms with Gasteiger partial charge in [-0.15, -0.1) is 0 Å². The predicted molar refractivity (Wildman–Crippen MR) is 87.9 cm³/mol. The van der Waals surface area contributed by atoms with Gasteiger partial charge in [0.15, 0.2) is 6.04 Å². The molecule has 3 rings (SSSR count). The minimum atomic E-state index is -0.373. The van der Waals surface area contributed by atoms with Crippen LogP contribution in [0.25, 0.3) is 0 Å². The van der Waals surface area contributed by atoms with E-state index in [1.165, 1.54) is 5.56 Å². The highest BCUT2D eigenvalue weighted by Crippen LogP contribution is 2.34. The Morgan fingerprint density at radius 2 is 1.86 bits per heavy atom. The average Bonchev–Trinajstić information content (AvgIpc) is 2.57. The van der Waals surface area contributed by atoms with E-state index in [4.69, 9.17) is 4.74 Å². The van der Waals surface area contributed by atoms with E-state index < -0.39 is 0 Å². The molecule has 2 aromatic rings. The lowest BCUT2D eigenvalue weighted by molar-refractivity contribution is -0.145. The minimum Gasteiger partial charge on any atom is -0.464 e. The van der Waals surface area contributed by atoms with Crippen LogP contribution in [0.4, 0.5) is 5.69 Å². The first kappa shape index (κ1) is 14.6. The molecular weight excluding hydrogens is 274 g/mol. The van der Waals surface area contributed by atoms with Gasteiger partial charge in [-0.2, -0.15) is 0 Å². The van der Waals surface area contributed by atoms with E-state index in [1.807, 2.05) is 43.3 Å². The van der Waals surface area contributed by atoms with E-state index in [0.29, 0.717) is 6.61 Å². The third-order valence-corrected chi connectivity index (χ3v) is 4.08. The summed E-state index contributed by atoms with van der Waals surface area (Å²) in [5.41, 5.74) is 3.44. The number of fused-ring (bicyclic) bond motifs is 1. The zero-order chi connectivity index (χ0) is 15.4. The van der Waals surface area contributed by atoms with Gasteiger partial charge < -0.3 is 9.64 Å². The number of esters is 1. The second-order valence-corrected chi connectivity index (χ2v) is 5.49. The molecule has 0 bridgehead atoms. The van der Waals surface area contributed by atoms with Crippen molar-refractivity contribution in [1.82, 2.24) is 0 Å². The van der Waals surface area contributed by atoms with Gasteiger partial charge in [0.2, 0.25) is 0 Å². The Labute approximate surface area is 131 Å². The molecule has 0 radical (unpaired) electrons. The molecule has 114 valence electrons. The quantitative estimate of drug-likeness (QED) is 0.805. The van der Waals surface area contributed by atoms with Crippen molar-refractivity contribution in [1.29, 1.82) is 0 Å². The zero-order valence-electron chi connectivity index (χ0n) is 12.9. The third-order valence-electron chi connectivity index (χ3n) is 4.08. The number of rotatable bonds is 4. The SMILES string of the molecule is CCOC(=O)C(c1ccccc1)N1CCCc2ccccc21. The first-order valence-electron chi connectivity index (χ1n) is 7.87. The molecule has 1 unspecified atom stereocenters. The Bertz CT molecular complexity index is 639. The first-order chi connectivity index (χ1) is 10.8. The Hall–Kier alpha value is -2.29. The fourth-order valence-electron chi connectivity index (χ4n) is 3.13. The molecule has 2 aromatic carbocycles. The molecule has 0 aromatic heterocycles. The Kier molecular flexibility index (Phi) is 4.42. The van der Waals surface area contributed by atoms with Crippen molar-refractivity contribution in [3.05, 3.63) is 65.7 Å². The van der Waals surface area contributed by atoms with Crippen molar-refractivity contribution < 1.29 is 9.53 Å². The maximum absolute atomic E-state index is 12.6. The van der Waals surface area contributed by atoms with E-state index in [1.54, 1.807) is 0 Å². The molecule has 0 aliphatic carbocycles. The van der Waals surface area contributed by atoms with Crippen LogP contribution in [0.2, 0.25) is 0 Å². The van der Waals surface area contributed by atoms with Gasteiger partial charge in [0, 0.05) is 12.2 Å². The van der Waals surface area contributed by atoms with Gasteiger partial charge in [-0.25, -0.2) is 4.79 Å². The number of anilines is 1. The average molecular weight is 295 g/mol. The number of carbonyl (C=O) groups excluding carboxylic acids is 1. The molecule has 0 fully saturated rings. The lowest BCUT2D eigenvalue weighted by Crippen LogP contribution is -2.38. The van der Waals surface area contributed by atoms with Crippen LogP contribution in [0.5, 0.6) is 0 Å². The molecule has 0 N–H and O–H groups in total. The molecule has 1 heterocycles. The monoisotopic (exact) mass is 295 g/mol. The van der Waals surface area contributed by atoms with Crippen molar-refractivity contribution in [2.24, 2.45) is 0 Å². The Morgan fingerprint density at radius 1 is 1.14 bits per heavy atom. The first-order valence-corrected chi connectivity index (χ1v) is 7.87. The second kappa shape index (κ2) is 6.65. The zero-order valence-corrected chi connectivity index (χ0v) is 12.9. The van der Waals surface area contributed by atoms with Crippen LogP contribution in [-0.2, 0) is 16.0 Å². The molecule has 0 saturated carbocycles. The fourth-order valence-corrected chi connectivity index (χ4v) is 3.13. The summed E-state index contributed by atoms with van der Waals surface area (Å²) in [7, 11) is 0. The second-order valence-electron chi connectivity index (χ2n) is 5.49. The number of carbonyl (C=O) groups is 1. The van der Waals surface area contributed by atoms with Crippen molar-refractivity contribution in [3.63, 3.8) is 0 Å². The molecule has 1 aliphatic rings. The molecule has 3 heteroatoms. The van der Waals surface area contributed by atoms with Crippen LogP contribution in [0.3, 0.4) is 0 Å². The van der Waals surface area contributed by atoms with Gasteiger partial charge in [-0.3, -0.25) is 0 Å². The van der Waals surface area contributed by atoms with Crippen LogP contribution in [-0.4, -0.2) is 19.1 Å². The van der Waals surface area contributed by atoms with E-state index in [9.17, 15) is 4.79 Å². The summed E-state index contributed by atoms with van der Waals surface area (Å²) in [6.07, 6.45) is 2.12. The maximum Gasteiger partial charge on any atom is 0.333 e. The van der Waals surface area contributed by atoms with Gasteiger partial charge in [-0.05, 0) is 37.0 Å². The van der Waals surface area contributed by atoms with Crippen molar-refractivity contribution in [2.75, 3.05) is 18.1 Å². The fraction of sp³-hybridized carbons (Fsp3) is 0.316. The molecule has 1 atom stereocenters. The molecule has 22 heavy (non-hydrogen) atoms. The van der Waals surface area contributed by atoms with E-state index in [0.717, 1.165) is 30.6 Å². The van der Waals surface area contributed by atoms with Crippen molar-refractivity contribution >= 4 is 11.7 Å². The standard InChI is InChI=1S/C19H21NO2/c1-2-22-19(21)18(16-10-4-3-5-11-16)20-14-8-12-15-9-6-7-13-17(15)20/h3-7,9-11,13,18H,2,8,12,14H2,1H3. The number of hydrogen-bond donors (Lipinski definition) is 0. The van der Waals surface area contributed by atoms with Crippen molar-refractivity contribution in [2.45, 2.75) is 25.8 Å². The van der Waals surface area contributed by atoms with Crippen LogP contribution in [0.1, 0.15) is 30.5 Å². The molecular formula is C19H21NO2. The molecule has 0 amide bonds. The maximum atomic E-state index is 12.6. The number of para-hydroxylation sites is 1. The lowest BCUT2D eigenvalue weighted by atomic mass is 9.97. The molecule has 0 spiro atoms. The topological polar surface area (TPSA) is 29.5 Å². The minimum absolute atomic E-state index is 0.176.